The van der Waals surface area contributed by atoms with E-state index in [2.05, 4.69) is 4.98 Å². The van der Waals surface area contributed by atoms with Crippen molar-refractivity contribution in [1.82, 2.24) is 4.98 Å². The van der Waals surface area contributed by atoms with Crippen LogP contribution in [0.2, 0.25) is 5.02 Å². The minimum atomic E-state index is -0.450. The van der Waals surface area contributed by atoms with Crippen molar-refractivity contribution in [3.05, 3.63) is 39.3 Å². The number of furan rings is 1. The average Bonchev–Trinajstić information content (AvgIpc) is 3.00. The fourth-order valence-corrected chi connectivity index (χ4v) is 2.69. The standard InChI is InChI=1S/C16H14ClNO5/c1-7-6-9(18-16(20)11(7)17)10-12(19)15(22-3)14-8(4-5-23-14)13(10)21-2/h4-6,19H,1-3H3,(H,18,20). The summed E-state index contributed by atoms with van der Waals surface area (Å²) in [6, 6.07) is 3.35. The number of aromatic nitrogens is 1. The highest BCUT2D eigenvalue weighted by atomic mass is 35.5. The molecule has 0 bridgehead atoms. The van der Waals surface area contributed by atoms with Gasteiger partial charge in [0.15, 0.2) is 11.3 Å². The van der Waals surface area contributed by atoms with Crippen molar-refractivity contribution in [2.24, 2.45) is 0 Å². The lowest BCUT2D eigenvalue weighted by atomic mass is 10.0. The molecule has 0 aliphatic rings. The summed E-state index contributed by atoms with van der Waals surface area (Å²) in [4.78, 5) is 14.6. The molecule has 120 valence electrons. The SMILES string of the molecule is COc1c(-c2cc(C)c(Cl)c(=O)[nH]2)c(O)c(OC)c2occc12. The van der Waals surface area contributed by atoms with Gasteiger partial charge in [-0.15, -0.1) is 0 Å². The van der Waals surface area contributed by atoms with E-state index in [9.17, 15) is 9.90 Å². The maximum atomic E-state index is 12.0. The molecule has 0 amide bonds. The Bertz CT molecular complexity index is 957. The number of benzene rings is 1. The highest BCUT2D eigenvalue weighted by molar-refractivity contribution is 6.31. The fraction of sp³-hybridized carbons (Fsp3) is 0.188. The minimum absolute atomic E-state index is 0.101. The smallest absolute Gasteiger partial charge is 0.267 e. The third kappa shape index (κ3) is 2.22. The molecule has 0 saturated heterocycles. The lowest BCUT2D eigenvalue weighted by molar-refractivity contribution is 0.367. The van der Waals surface area contributed by atoms with Crippen LogP contribution >= 0.6 is 11.6 Å². The molecule has 2 heterocycles. The van der Waals surface area contributed by atoms with Crippen molar-refractivity contribution < 1.29 is 19.0 Å². The molecule has 2 aromatic heterocycles. The van der Waals surface area contributed by atoms with Crippen LogP contribution in [0.3, 0.4) is 0 Å². The molecule has 6 nitrogen and oxygen atoms in total. The number of phenols is 1. The third-order valence-electron chi connectivity index (χ3n) is 3.63. The fourth-order valence-electron chi connectivity index (χ4n) is 2.59. The third-order valence-corrected chi connectivity index (χ3v) is 4.10. The van der Waals surface area contributed by atoms with Gasteiger partial charge in [-0.3, -0.25) is 4.79 Å². The zero-order chi connectivity index (χ0) is 16.7. The lowest BCUT2D eigenvalue weighted by Gasteiger charge is -2.15. The quantitative estimate of drug-likeness (QED) is 0.765. The molecule has 2 N–H and O–H groups in total. The van der Waals surface area contributed by atoms with Crippen LogP contribution in [0.1, 0.15) is 5.56 Å². The van der Waals surface area contributed by atoms with Gasteiger partial charge in [0.2, 0.25) is 5.75 Å². The Kier molecular flexibility index (Phi) is 3.69. The van der Waals surface area contributed by atoms with E-state index in [0.717, 1.165) is 0 Å². The van der Waals surface area contributed by atoms with Crippen LogP contribution in [0.25, 0.3) is 22.2 Å². The van der Waals surface area contributed by atoms with Crippen LogP contribution in [0, 0.1) is 6.92 Å². The Morgan fingerprint density at radius 3 is 2.57 bits per heavy atom. The zero-order valence-electron chi connectivity index (χ0n) is 12.7. The molecule has 0 saturated carbocycles. The van der Waals surface area contributed by atoms with Crippen LogP contribution in [0.4, 0.5) is 0 Å². The largest absolute Gasteiger partial charge is 0.504 e. The lowest BCUT2D eigenvalue weighted by Crippen LogP contribution is -2.09. The number of fused-ring (bicyclic) bond motifs is 1. The molecule has 3 rings (SSSR count). The molecule has 1 aromatic carbocycles. The molecule has 0 spiro atoms. The van der Waals surface area contributed by atoms with Crippen molar-refractivity contribution in [2.45, 2.75) is 6.92 Å². The molecular weight excluding hydrogens is 322 g/mol. The number of H-pyrrole nitrogens is 1. The molecule has 3 aromatic rings. The van der Waals surface area contributed by atoms with Crippen molar-refractivity contribution in [1.29, 1.82) is 0 Å². The van der Waals surface area contributed by atoms with Crippen molar-refractivity contribution in [3.8, 4) is 28.5 Å². The Labute approximate surface area is 136 Å². The highest BCUT2D eigenvalue weighted by Gasteiger charge is 2.25. The Morgan fingerprint density at radius 1 is 1.26 bits per heavy atom. The van der Waals surface area contributed by atoms with Crippen LogP contribution in [-0.4, -0.2) is 24.3 Å². The number of ether oxygens (including phenoxy) is 2. The number of aromatic amines is 1. The number of halogens is 1. The van der Waals surface area contributed by atoms with E-state index < -0.39 is 5.56 Å². The summed E-state index contributed by atoms with van der Waals surface area (Å²) in [7, 11) is 2.89. The van der Waals surface area contributed by atoms with E-state index in [4.69, 9.17) is 25.5 Å². The van der Waals surface area contributed by atoms with E-state index in [0.29, 0.717) is 33.5 Å². The van der Waals surface area contributed by atoms with Gasteiger partial charge in [0.25, 0.3) is 5.56 Å². The summed E-state index contributed by atoms with van der Waals surface area (Å²) in [6.45, 7) is 1.71. The predicted molar refractivity (Wildman–Crippen MR) is 86.8 cm³/mol. The molecule has 0 fully saturated rings. The minimum Gasteiger partial charge on any atom is -0.504 e. The monoisotopic (exact) mass is 335 g/mol. The van der Waals surface area contributed by atoms with E-state index in [1.54, 1.807) is 19.1 Å². The second-order valence-electron chi connectivity index (χ2n) is 4.96. The van der Waals surface area contributed by atoms with E-state index in [-0.39, 0.29) is 16.5 Å². The first-order valence-corrected chi connectivity index (χ1v) is 7.11. The molecule has 0 atom stereocenters. The van der Waals surface area contributed by atoms with Gasteiger partial charge in [0, 0.05) is 0 Å². The molecule has 0 radical (unpaired) electrons. The number of phenolic OH excluding ortho intramolecular Hbond substituents is 1. The maximum Gasteiger partial charge on any atom is 0.267 e. The summed E-state index contributed by atoms with van der Waals surface area (Å²) in [5.41, 5.74) is 1.16. The van der Waals surface area contributed by atoms with Gasteiger partial charge < -0.3 is 24.0 Å². The molecule has 7 heteroatoms. The Hall–Kier alpha value is -2.60. The Morgan fingerprint density at radius 2 is 1.96 bits per heavy atom. The van der Waals surface area contributed by atoms with Gasteiger partial charge in [-0.1, -0.05) is 11.6 Å². The first-order valence-electron chi connectivity index (χ1n) is 6.73. The van der Waals surface area contributed by atoms with Crippen molar-refractivity contribution in [3.63, 3.8) is 0 Å². The van der Waals surface area contributed by atoms with Gasteiger partial charge >= 0.3 is 0 Å². The number of aryl methyl sites for hydroxylation is 1. The van der Waals surface area contributed by atoms with Crippen molar-refractivity contribution in [2.75, 3.05) is 14.2 Å². The molecule has 0 aliphatic carbocycles. The molecular formula is C16H14ClNO5. The number of rotatable bonds is 3. The van der Waals surface area contributed by atoms with Crippen LogP contribution < -0.4 is 15.0 Å². The molecule has 0 aliphatic heterocycles. The van der Waals surface area contributed by atoms with Crippen LogP contribution in [0.15, 0.2) is 27.6 Å². The summed E-state index contributed by atoms with van der Waals surface area (Å²) >= 11 is 5.91. The van der Waals surface area contributed by atoms with Crippen molar-refractivity contribution >= 4 is 22.6 Å². The molecule has 23 heavy (non-hydrogen) atoms. The predicted octanol–water partition coefficient (Wildman–Crippen LogP) is 3.47. The summed E-state index contributed by atoms with van der Waals surface area (Å²) in [6.07, 6.45) is 1.47. The van der Waals surface area contributed by atoms with Gasteiger partial charge in [-0.25, -0.2) is 0 Å². The normalized spacial score (nSPS) is 11.0. The van der Waals surface area contributed by atoms with Gasteiger partial charge in [-0.2, -0.15) is 0 Å². The summed E-state index contributed by atoms with van der Waals surface area (Å²) in [5, 5.41) is 11.3. The van der Waals surface area contributed by atoms with Gasteiger partial charge in [-0.05, 0) is 24.6 Å². The summed E-state index contributed by atoms with van der Waals surface area (Å²) in [5.74, 6) is 0.336. The van der Waals surface area contributed by atoms with E-state index in [1.165, 1.54) is 20.5 Å². The second-order valence-corrected chi connectivity index (χ2v) is 5.34. The Balaban J connectivity index is 2.46. The number of methoxy groups -OCH3 is 2. The first-order chi connectivity index (χ1) is 11.0. The van der Waals surface area contributed by atoms with E-state index in [1.807, 2.05) is 0 Å². The van der Waals surface area contributed by atoms with Gasteiger partial charge in [0.05, 0.1) is 37.1 Å². The highest BCUT2D eigenvalue weighted by Crippen LogP contribution is 2.50. The second kappa shape index (κ2) is 5.55. The van der Waals surface area contributed by atoms with E-state index >= 15 is 0 Å². The number of pyridine rings is 1. The summed E-state index contributed by atoms with van der Waals surface area (Å²) < 4.78 is 16.0. The van der Waals surface area contributed by atoms with Gasteiger partial charge in [0.1, 0.15) is 10.8 Å². The number of nitrogens with one attached hydrogen (secondary N) is 1. The average molecular weight is 336 g/mol. The topological polar surface area (TPSA) is 84.7 Å². The first kappa shape index (κ1) is 15.3. The number of aromatic hydroxyl groups is 1. The van der Waals surface area contributed by atoms with Crippen LogP contribution in [-0.2, 0) is 0 Å². The molecule has 0 unspecified atom stereocenters. The number of hydrogen-bond acceptors (Lipinski definition) is 5. The van der Waals surface area contributed by atoms with Crippen LogP contribution in [0.5, 0.6) is 17.2 Å². The maximum absolute atomic E-state index is 12.0. The number of hydrogen-bond donors (Lipinski definition) is 2. The zero-order valence-corrected chi connectivity index (χ0v) is 13.4.